The summed E-state index contributed by atoms with van der Waals surface area (Å²) in [6.07, 6.45) is 1.67. The van der Waals surface area contributed by atoms with E-state index in [4.69, 9.17) is 4.42 Å². The number of nitrogens with zero attached hydrogens (tertiary/aromatic N) is 3. The maximum Gasteiger partial charge on any atom is 0.295 e. The summed E-state index contributed by atoms with van der Waals surface area (Å²) < 4.78 is 33.1. The Hall–Kier alpha value is -3.46. The number of thiazole rings is 1. The zero-order valence-corrected chi connectivity index (χ0v) is 17.8. The predicted molar refractivity (Wildman–Crippen MR) is 114 cm³/mol. The second-order valence-corrected chi connectivity index (χ2v) is 8.06. The Kier molecular flexibility index (Phi) is 5.60. The van der Waals surface area contributed by atoms with E-state index in [1.807, 2.05) is 32.9 Å². The van der Waals surface area contributed by atoms with Crippen molar-refractivity contribution in [3.05, 3.63) is 70.8 Å². The summed E-state index contributed by atoms with van der Waals surface area (Å²) in [4.78, 5) is 26.0. The number of aromatic nitrogens is 3. The van der Waals surface area contributed by atoms with Gasteiger partial charge in [0.05, 0.1) is 5.69 Å². The molecule has 0 aliphatic rings. The molecule has 4 aromatic rings. The lowest BCUT2D eigenvalue weighted by atomic mass is 10.1. The summed E-state index contributed by atoms with van der Waals surface area (Å²) in [5, 5.41) is 4.80. The van der Waals surface area contributed by atoms with Crippen LogP contribution in [-0.4, -0.2) is 20.9 Å². The number of amides is 1. The molecule has 1 amide bonds. The van der Waals surface area contributed by atoms with Crippen LogP contribution in [0.4, 0.5) is 13.9 Å². The molecule has 0 unspecified atom stereocenters. The number of benzene rings is 1. The van der Waals surface area contributed by atoms with Gasteiger partial charge in [0.15, 0.2) is 11.0 Å². The van der Waals surface area contributed by atoms with Crippen molar-refractivity contribution in [2.75, 3.05) is 5.32 Å². The first-order valence-corrected chi connectivity index (χ1v) is 10.4. The Balaban J connectivity index is 1.67. The highest BCUT2D eigenvalue weighted by atomic mass is 32.1. The lowest BCUT2D eigenvalue weighted by Crippen LogP contribution is -2.12. The molecular formula is C22H18F2N4O2S. The standard InChI is InChI=1S/C22H18F2N4O2S/c1-11(2)21-27-18(13-7-14(23)9-15(24)8-13)19(30-21)20(29)28-22-26-16(10-31-22)17-12(3)5-4-6-25-17/h4-11H,1-3H3,(H,26,28,29). The molecule has 0 aliphatic heterocycles. The first-order chi connectivity index (χ1) is 14.8. The van der Waals surface area contributed by atoms with E-state index in [-0.39, 0.29) is 28.8 Å². The van der Waals surface area contributed by atoms with Gasteiger partial charge in [-0.25, -0.2) is 18.7 Å². The smallest absolute Gasteiger partial charge is 0.295 e. The number of hydrogen-bond acceptors (Lipinski definition) is 6. The average Bonchev–Trinajstić information content (AvgIpc) is 3.35. The Morgan fingerprint density at radius 3 is 2.55 bits per heavy atom. The molecule has 158 valence electrons. The molecule has 0 aliphatic carbocycles. The molecule has 0 radical (unpaired) electrons. The number of carbonyl (C=O) groups is 1. The minimum atomic E-state index is -0.772. The number of anilines is 1. The highest BCUT2D eigenvalue weighted by molar-refractivity contribution is 7.14. The van der Waals surface area contributed by atoms with Crippen LogP contribution in [0.1, 0.15) is 41.8 Å². The van der Waals surface area contributed by atoms with E-state index < -0.39 is 17.5 Å². The van der Waals surface area contributed by atoms with Crippen LogP contribution >= 0.6 is 11.3 Å². The van der Waals surface area contributed by atoms with Crippen molar-refractivity contribution in [1.29, 1.82) is 0 Å². The SMILES string of the molecule is Cc1cccnc1-c1csc(NC(=O)c2oc(C(C)C)nc2-c2cc(F)cc(F)c2)n1. The van der Waals surface area contributed by atoms with Crippen LogP contribution in [0.25, 0.3) is 22.6 Å². The van der Waals surface area contributed by atoms with Crippen LogP contribution in [-0.2, 0) is 0 Å². The molecule has 1 aromatic carbocycles. The van der Waals surface area contributed by atoms with Crippen molar-refractivity contribution < 1.29 is 18.0 Å². The zero-order valence-electron chi connectivity index (χ0n) is 16.9. The van der Waals surface area contributed by atoms with Crippen molar-refractivity contribution in [2.45, 2.75) is 26.7 Å². The molecule has 0 atom stereocenters. The van der Waals surface area contributed by atoms with Gasteiger partial charge in [-0.1, -0.05) is 19.9 Å². The van der Waals surface area contributed by atoms with Crippen LogP contribution in [0.2, 0.25) is 0 Å². The molecule has 1 N–H and O–H groups in total. The fraction of sp³-hybridized carbons (Fsp3) is 0.182. The van der Waals surface area contributed by atoms with E-state index in [2.05, 4.69) is 20.3 Å². The zero-order chi connectivity index (χ0) is 22.1. The topological polar surface area (TPSA) is 80.9 Å². The number of hydrogen-bond donors (Lipinski definition) is 1. The number of halogens is 2. The molecule has 6 nitrogen and oxygen atoms in total. The van der Waals surface area contributed by atoms with Gasteiger partial charge in [-0.05, 0) is 30.7 Å². The Morgan fingerprint density at radius 2 is 1.87 bits per heavy atom. The molecular weight excluding hydrogens is 422 g/mol. The summed E-state index contributed by atoms with van der Waals surface area (Å²) >= 11 is 1.23. The second kappa shape index (κ2) is 8.35. The van der Waals surface area contributed by atoms with E-state index in [1.165, 1.54) is 11.3 Å². The van der Waals surface area contributed by atoms with Crippen molar-refractivity contribution in [3.63, 3.8) is 0 Å². The van der Waals surface area contributed by atoms with Gasteiger partial charge in [-0.15, -0.1) is 11.3 Å². The van der Waals surface area contributed by atoms with Gasteiger partial charge < -0.3 is 4.42 Å². The van der Waals surface area contributed by atoms with Gasteiger partial charge in [0.2, 0.25) is 5.76 Å². The maximum absolute atomic E-state index is 13.7. The molecule has 0 saturated carbocycles. The minimum Gasteiger partial charge on any atom is -0.435 e. The maximum atomic E-state index is 13.7. The van der Waals surface area contributed by atoms with Crippen molar-refractivity contribution in [2.24, 2.45) is 0 Å². The number of aryl methyl sites for hydroxylation is 1. The van der Waals surface area contributed by atoms with Crippen LogP contribution < -0.4 is 5.32 Å². The molecule has 0 bridgehead atoms. The number of oxazole rings is 1. The normalized spacial score (nSPS) is 11.2. The number of carbonyl (C=O) groups excluding carboxylic acids is 1. The second-order valence-electron chi connectivity index (χ2n) is 7.20. The van der Waals surface area contributed by atoms with Crippen molar-refractivity contribution in [3.8, 4) is 22.6 Å². The van der Waals surface area contributed by atoms with Gasteiger partial charge in [0.25, 0.3) is 5.91 Å². The molecule has 3 heterocycles. The molecule has 4 rings (SSSR count). The fourth-order valence-corrected chi connectivity index (χ4v) is 3.66. The van der Waals surface area contributed by atoms with Crippen LogP contribution in [0.3, 0.4) is 0 Å². The first-order valence-electron chi connectivity index (χ1n) is 9.48. The molecule has 0 spiro atoms. The van der Waals surface area contributed by atoms with Crippen LogP contribution in [0, 0.1) is 18.6 Å². The van der Waals surface area contributed by atoms with Crippen LogP contribution in [0.5, 0.6) is 0 Å². The quantitative estimate of drug-likeness (QED) is 0.423. The third-order valence-electron chi connectivity index (χ3n) is 4.46. The third kappa shape index (κ3) is 4.36. The van der Waals surface area contributed by atoms with Gasteiger partial charge in [0, 0.05) is 29.1 Å². The number of pyridine rings is 1. The van der Waals surface area contributed by atoms with E-state index in [9.17, 15) is 13.6 Å². The summed E-state index contributed by atoms with van der Waals surface area (Å²) in [5.41, 5.74) is 2.49. The Morgan fingerprint density at radius 1 is 1.13 bits per heavy atom. The molecule has 0 saturated heterocycles. The lowest BCUT2D eigenvalue weighted by molar-refractivity contribution is 0.0995. The van der Waals surface area contributed by atoms with Gasteiger partial charge in [-0.2, -0.15) is 0 Å². The first kappa shape index (κ1) is 20.8. The summed E-state index contributed by atoms with van der Waals surface area (Å²) in [6, 6.07) is 6.72. The molecule has 9 heteroatoms. The monoisotopic (exact) mass is 440 g/mol. The van der Waals surface area contributed by atoms with Gasteiger partial charge in [0.1, 0.15) is 23.0 Å². The van der Waals surface area contributed by atoms with Crippen LogP contribution in [0.15, 0.2) is 46.3 Å². The van der Waals surface area contributed by atoms with Gasteiger partial charge >= 0.3 is 0 Å². The highest BCUT2D eigenvalue weighted by Crippen LogP contribution is 2.30. The minimum absolute atomic E-state index is 0.0666. The van der Waals surface area contributed by atoms with E-state index in [0.717, 1.165) is 29.5 Å². The van der Waals surface area contributed by atoms with Crippen molar-refractivity contribution in [1.82, 2.24) is 15.0 Å². The fourth-order valence-electron chi connectivity index (χ4n) is 2.97. The van der Waals surface area contributed by atoms with E-state index in [1.54, 1.807) is 11.6 Å². The van der Waals surface area contributed by atoms with Gasteiger partial charge in [-0.3, -0.25) is 15.1 Å². The molecule has 31 heavy (non-hydrogen) atoms. The summed E-state index contributed by atoms with van der Waals surface area (Å²) in [6.45, 7) is 5.60. The van der Waals surface area contributed by atoms with E-state index >= 15 is 0 Å². The predicted octanol–water partition coefficient (Wildman–Crippen LogP) is 5.82. The van der Waals surface area contributed by atoms with E-state index in [0.29, 0.717) is 10.8 Å². The highest BCUT2D eigenvalue weighted by Gasteiger charge is 2.24. The average molecular weight is 440 g/mol. The number of nitrogens with one attached hydrogen (secondary N) is 1. The summed E-state index contributed by atoms with van der Waals surface area (Å²) in [7, 11) is 0. The Labute approximate surface area is 181 Å². The lowest BCUT2D eigenvalue weighted by Gasteiger charge is -2.03. The molecule has 3 aromatic heterocycles. The van der Waals surface area contributed by atoms with Crippen molar-refractivity contribution >= 4 is 22.4 Å². The largest absolute Gasteiger partial charge is 0.435 e. The number of rotatable bonds is 5. The summed E-state index contributed by atoms with van der Waals surface area (Å²) in [5.74, 6) is -2.14. The molecule has 0 fully saturated rings. The third-order valence-corrected chi connectivity index (χ3v) is 5.21. The Bertz CT molecular complexity index is 1250.